The van der Waals surface area contributed by atoms with Crippen molar-refractivity contribution in [1.29, 1.82) is 0 Å². The van der Waals surface area contributed by atoms with E-state index in [0.717, 1.165) is 17.9 Å². The van der Waals surface area contributed by atoms with E-state index in [1.54, 1.807) is 6.07 Å². The number of aromatic nitrogens is 1. The molecule has 1 heterocycles. The lowest BCUT2D eigenvalue weighted by Gasteiger charge is -2.06. The van der Waals surface area contributed by atoms with Crippen molar-refractivity contribution in [3.8, 4) is 0 Å². The molecule has 0 atom stereocenters. The van der Waals surface area contributed by atoms with Crippen molar-refractivity contribution >= 4 is 28.9 Å². The second-order valence-corrected chi connectivity index (χ2v) is 4.08. The van der Waals surface area contributed by atoms with E-state index in [2.05, 4.69) is 10.3 Å². The summed E-state index contributed by atoms with van der Waals surface area (Å²) in [6, 6.07) is 9.37. The van der Waals surface area contributed by atoms with Crippen LogP contribution < -0.4 is 5.32 Å². The van der Waals surface area contributed by atoms with Gasteiger partial charge in [0.05, 0.1) is 6.54 Å². The summed E-state index contributed by atoms with van der Waals surface area (Å²) >= 11 is 11.8. The van der Waals surface area contributed by atoms with Crippen molar-refractivity contribution < 1.29 is 0 Å². The molecule has 15 heavy (non-hydrogen) atoms. The SMILES string of the molecule is Clc1cc(Cl)cc(NCc2ccc[nH]2)c1. The fourth-order valence-corrected chi connectivity index (χ4v) is 1.86. The lowest BCUT2D eigenvalue weighted by Crippen LogP contribution is -1.99. The van der Waals surface area contributed by atoms with Crippen LogP contribution in [0, 0.1) is 0 Å². The minimum absolute atomic E-state index is 0.636. The molecule has 4 heteroatoms. The number of halogens is 2. The summed E-state index contributed by atoms with van der Waals surface area (Å²) in [4.78, 5) is 3.11. The standard InChI is InChI=1S/C11H10Cl2N2/c12-8-4-9(13)6-11(5-8)15-7-10-2-1-3-14-10/h1-6,14-15H,7H2. The van der Waals surface area contributed by atoms with Crippen LogP contribution in [0.15, 0.2) is 36.5 Å². The molecule has 0 aliphatic carbocycles. The van der Waals surface area contributed by atoms with E-state index in [4.69, 9.17) is 23.2 Å². The zero-order valence-corrected chi connectivity index (χ0v) is 9.44. The Kier molecular flexibility index (Phi) is 3.19. The molecular weight excluding hydrogens is 231 g/mol. The van der Waals surface area contributed by atoms with E-state index in [9.17, 15) is 0 Å². The largest absolute Gasteiger partial charge is 0.379 e. The quantitative estimate of drug-likeness (QED) is 0.836. The molecule has 2 nitrogen and oxygen atoms in total. The van der Waals surface area contributed by atoms with Crippen LogP contribution in [-0.2, 0) is 6.54 Å². The van der Waals surface area contributed by atoms with E-state index >= 15 is 0 Å². The van der Waals surface area contributed by atoms with Gasteiger partial charge in [0.1, 0.15) is 0 Å². The second kappa shape index (κ2) is 4.60. The molecule has 1 aromatic carbocycles. The zero-order valence-electron chi connectivity index (χ0n) is 7.93. The molecule has 0 aliphatic rings. The van der Waals surface area contributed by atoms with Crippen molar-refractivity contribution in [3.63, 3.8) is 0 Å². The molecule has 78 valence electrons. The molecule has 0 bridgehead atoms. The van der Waals surface area contributed by atoms with Crippen LogP contribution in [0.4, 0.5) is 5.69 Å². The minimum Gasteiger partial charge on any atom is -0.379 e. The molecule has 0 amide bonds. The van der Waals surface area contributed by atoms with Gasteiger partial charge in [-0.25, -0.2) is 0 Å². The van der Waals surface area contributed by atoms with Crippen LogP contribution >= 0.6 is 23.2 Å². The first kappa shape index (κ1) is 10.4. The lowest BCUT2D eigenvalue weighted by atomic mass is 10.3. The number of hydrogen-bond acceptors (Lipinski definition) is 1. The van der Waals surface area contributed by atoms with Crippen LogP contribution in [-0.4, -0.2) is 4.98 Å². The normalized spacial score (nSPS) is 10.3. The first-order chi connectivity index (χ1) is 7.24. The van der Waals surface area contributed by atoms with Gasteiger partial charge in [-0.2, -0.15) is 0 Å². The van der Waals surface area contributed by atoms with Gasteiger partial charge in [-0.15, -0.1) is 0 Å². The molecule has 2 aromatic rings. The van der Waals surface area contributed by atoms with E-state index in [1.165, 1.54) is 0 Å². The van der Waals surface area contributed by atoms with Crippen molar-refractivity contribution in [3.05, 3.63) is 52.3 Å². The number of benzene rings is 1. The van der Waals surface area contributed by atoms with Crippen LogP contribution in [0.1, 0.15) is 5.69 Å². The fraction of sp³-hybridized carbons (Fsp3) is 0.0909. The molecule has 0 spiro atoms. The predicted molar refractivity (Wildman–Crippen MR) is 64.6 cm³/mol. The molecule has 0 unspecified atom stereocenters. The van der Waals surface area contributed by atoms with Gasteiger partial charge in [-0.05, 0) is 30.3 Å². The summed E-state index contributed by atoms with van der Waals surface area (Å²) < 4.78 is 0. The van der Waals surface area contributed by atoms with Crippen molar-refractivity contribution in [2.75, 3.05) is 5.32 Å². The van der Waals surface area contributed by atoms with Crippen LogP contribution in [0.2, 0.25) is 10.0 Å². The van der Waals surface area contributed by atoms with Crippen LogP contribution in [0.5, 0.6) is 0 Å². The molecule has 2 N–H and O–H groups in total. The maximum atomic E-state index is 5.88. The first-order valence-corrected chi connectivity index (χ1v) is 5.32. The predicted octanol–water partition coefficient (Wildman–Crippen LogP) is 3.93. The van der Waals surface area contributed by atoms with E-state index < -0.39 is 0 Å². The highest BCUT2D eigenvalue weighted by Crippen LogP contribution is 2.22. The maximum Gasteiger partial charge on any atom is 0.0551 e. The second-order valence-electron chi connectivity index (χ2n) is 3.21. The third-order valence-electron chi connectivity index (χ3n) is 2.01. The van der Waals surface area contributed by atoms with Gasteiger partial charge in [0.2, 0.25) is 0 Å². The number of rotatable bonds is 3. The van der Waals surface area contributed by atoms with Gasteiger partial charge in [-0.1, -0.05) is 23.2 Å². The average Bonchev–Trinajstić information content (AvgIpc) is 2.65. The summed E-state index contributed by atoms with van der Waals surface area (Å²) in [5, 5.41) is 4.50. The molecule has 0 saturated carbocycles. The third kappa shape index (κ3) is 2.91. The van der Waals surface area contributed by atoms with Crippen molar-refractivity contribution in [2.24, 2.45) is 0 Å². The molecule has 0 fully saturated rings. The highest BCUT2D eigenvalue weighted by atomic mass is 35.5. The fourth-order valence-electron chi connectivity index (χ4n) is 1.33. The third-order valence-corrected chi connectivity index (χ3v) is 2.44. The minimum atomic E-state index is 0.636. The van der Waals surface area contributed by atoms with E-state index in [1.807, 2.05) is 30.5 Å². The summed E-state index contributed by atoms with van der Waals surface area (Å²) in [5.74, 6) is 0. The Morgan fingerprint density at radius 2 is 1.87 bits per heavy atom. The molecule has 1 aromatic heterocycles. The van der Waals surface area contributed by atoms with Gasteiger partial charge in [-0.3, -0.25) is 0 Å². The lowest BCUT2D eigenvalue weighted by molar-refractivity contribution is 1.07. The Labute approximate surface area is 98.2 Å². The average molecular weight is 241 g/mol. The molecule has 0 aliphatic heterocycles. The molecule has 0 saturated heterocycles. The summed E-state index contributed by atoms with van der Waals surface area (Å²) in [6.07, 6.45) is 1.89. The Morgan fingerprint density at radius 3 is 2.47 bits per heavy atom. The Morgan fingerprint density at radius 1 is 1.13 bits per heavy atom. The Bertz CT molecular complexity index is 418. The van der Waals surface area contributed by atoms with Crippen molar-refractivity contribution in [2.45, 2.75) is 6.54 Å². The zero-order chi connectivity index (χ0) is 10.7. The smallest absolute Gasteiger partial charge is 0.0551 e. The highest BCUT2D eigenvalue weighted by molar-refractivity contribution is 6.35. The number of hydrogen-bond donors (Lipinski definition) is 2. The summed E-state index contributed by atoms with van der Waals surface area (Å²) in [5.41, 5.74) is 2.04. The van der Waals surface area contributed by atoms with Gasteiger partial charge >= 0.3 is 0 Å². The Hall–Kier alpha value is -1.12. The molecule has 2 rings (SSSR count). The first-order valence-electron chi connectivity index (χ1n) is 4.56. The van der Waals surface area contributed by atoms with Gasteiger partial charge in [0.15, 0.2) is 0 Å². The summed E-state index contributed by atoms with van der Waals surface area (Å²) in [7, 11) is 0. The van der Waals surface area contributed by atoms with Gasteiger partial charge in [0, 0.05) is 27.6 Å². The summed E-state index contributed by atoms with van der Waals surface area (Å²) in [6.45, 7) is 0.726. The van der Waals surface area contributed by atoms with E-state index in [-0.39, 0.29) is 0 Å². The van der Waals surface area contributed by atoms with Crippen LogP contribution in [0.25, 0.3) is 0 Å². The van der Waals surface area contributed by atoms with Gasteiger partial charge in [0.25, 0.3) is 0 Å². The topological polar surface area (TPSA) is 27.8 Å². The molecule has 0 radical (unpaired) electrons. The molecular formula is C11H10Cl2N2. The van der Waals surface area contributed by atoms with Crippen molar-refractivity contribution in [1.82, 2.24) is 4.98 Å². The number of anilines is 1. The Balaban J connectivity index is 2.05. The highest BCUT2D eigenvalue weighted by Gasteiger charge is 1.98. The van der Waals surface area contributed by atoms with E-state index in [0.29, 0.717) is 10.0 Å². The maximum absolute atomic E-state index is 5.88. The van der Waals surface area contributed by atoms with Gasteiger partial charge < -0.3 is 10.3 Å². The number of H-pyrrole nitrogens is 1. The van der Waals surface area contributed by atoms with Crippen LogP contribution in [0.3, 0.4) is 0 Å². The number of nitrogens with one attached hydrogen (secondary N) is 2. The monoisotopic (exact) mass is 240 g/mol. The number of aromatic amines is 1.